The van der Waals surface area contributed by atoms with Gasteiger partial charge in [0.25, 0.3) is 5.91 Å². The number of para-hydroxylation sites is 1. The van der Waals surface area contributed by atoms with Crippen molar-refractivity contribution in [3.8, 4) is 0 Å². The van der Waals surface area contributed by atoms with Crippen molar-refractivity contribution in [3.63, 3.8) is 0 Å². The van der Waals surface area contributed by atoms with Crippen LogP contribution in [0.5, 0.6) is 0 Å². The van der Waals surface area contributed by atoms with Crippen molar-refractivity contribution >= 4 is 34.1 Å². The number of H-pyrrole nitrogens is 1. The molecule has 0 unspecified atom stereocenters. The summed E-state index contributed by atoms with van der Waals surface area (Å²) in [4.78, 5) is 32.2. The van der Waals surface area contributed by atoms with Crippen molar-refractivity contribution in [2.24, 2.45) is 0 Å². The van der Waals surface area contributed by atoms with Crippen molar-refractivity contribution < 1.29 is 14.3 Å². The molecule has 3 N–H and O–H groups in total. The Balaban J connectivity index is 1.45. The predicted molar refractivity (Wildman–Crippen MR) is 132 cm³/mol. The molecule has 1 fully saturated rings. The summed E-state index contributed by atoms with van der Waals surface area (Å²) in [5, 5.41) is 8.95. The van der Waals surface area contributed by atoms with Gasteiger partial charge in [-0.15, -0.1) is 11.3 Å². The molecule has 1 aliphatic heterocycles. The maximum absolute atomic E-state index is 13.3. The van der Waals surface area contributed by atoms with Gasteiger partial charge in [-0.2, -0.15) is 0 Å². The van der Waals surface area contributed by atoms with Gasteiger partial charge in [-0.1, -0.05) is 24.3 Å². The van der Waals surface area contributed by atoms with Crippen LogP contribution in [0, 0.1) is 0 Å². The maximum Gasteiger partial charge on any atom is 0.262 e. The minimum atomic E-state index is -0.673. The fraction of sp³-hybridized carbons (Fsp3) is 0.440. The van der Waals surface area contributed by atoms with E-state index in [0.29, 0.717) is 17.8 Å². The molecule has 1 aliphatic rings. The Morgan fingerprint density at radius 2 is 1.94 bits per heavy atom. The van der Waals surface area contributed by atoms with Gasteiger partial charge in [0.15, 0.2) is 0 Å². The molecule has 1 saturated heterocycles. The Labute approximate surface area is 198 Å². The van der Waals surface area contributed by atoms with Crippen LogP contribution in [-0.4, -0.2) is 65.6 Å². The highest BCUT2D eigenvalue weighted by molar-refractivity contribution is 7.12. The number of aromatic nitrogens is 1. The number of morpholine rings is 1. The van der Waals surface area contributed by atoms with Gasteiger partial charge < -0.3 is 20.4 Å². The highest BCUT2D eigenvalue weighted by Crippen LogP contribution is 2.20. The molecule has 176 valence electrons. The molecule has 4 rings (SSSR count). The molecule has 7 nitrogen and oxygen atoms in total. The Morgan fingerprint density at radius 3 is 2.67 bits per heavy atom. The average Bonchev–Trinajstić information content (AvgIpc) is 3.47. The number of thiophene rings is 1. The van der Waals surface area contributed by atoms with Crippen LogP contribution in [0.1, 0.15) is 36.0 Å². The van der Waals surface area contributed by atoms with E-state index in [2.05, 4.69) is 41.3 Å². The fourth-order valence-electron chi connectivity index (χ4n) is 4.44. The second-order valence-corrected chi connectivity index (χ2v) is 9.82. The number of hydrogen-bond donors (Lipinski definition) is 3. The third-order valence-electron chi connectivity index (χ3n) is 6.11. The number of hydrogen-bond acceptors (Lipinski definition) is 5. The molecular formula is C25H32N4O3S. The second-order valence-electron chi connectivity index (χ2n) is 8.87. The summed E-state index contributed by atoms with van der Waals surface area (Å²) in [6.07, 6.45) is 2.67. The third-order valence-corrected chi connectivity index (χ3v) is 6.98. The SMILES string of the molecule is C[C@@H]1CN([C@H](C)CNC(=O)[C@H](Cc2c[nH]c3ccccc23)NC(=O)c2cccs2)C[C@@H](C)O1. The Morgan fingerprint density at radius 1 is 1.18 bits per heavy atom. The lowest BCUT2D eigenvalue weighted by Crippen LogP contribution is -2.54. The molecule has 2 amide bonds. The van der Waals surface area contributed by atoms with Crippen LogP contribution in [-0.2, 0) is 16.0 Å². The molecule has 0 spiro atoms. The largest absolute Gasteiger partial charge is 0.373 e. The Kier molecular flexibility index (Phi) is 7.47. The molecule has 0 aliphatic carbocycles. The van der Waals surface area contributed by atoms with Gasteiger partial charge in [0, 0.05) is 49.2 Å². The van der Waals surface area contributed by atoms with Gasteiger partial charge in [0.2, 0.25) is 5.91 Å². The monoisotopic (exact) mass is 468 g/mol. The summed E-state index contributed by atoms with van der Waals surface area (Å²) in [7, 11) is 0. The number of amides is 2. The fourth-order valence-corrected chi connectivity index (χ4v) is 5.07. The minimum absolute atomic E-state index is 0.171. The molecule has 0 radical (unpaired) electrons. The van der Waals surface area contributed by atoms with Crippen LogP contribution < -0.4 is 10.6 Å². The van der Waals surface area contributed by atoms with Crippen LogP contribution in [0.2, 0.25) is 0 Å². The summed E-state index contributed by atoms with van der Waals surface area (Å²) >= 11 is 1.36. The molecule has 4 atom stereocenters. The van der Waals surface area contributed by atoms with Crippen molar-refractivity contribution in [1.82, 2.24) is 20.5 Å². The number of benzene rings is 1. The number of fused-ring (bicyclic) bond motifs is 1. The molecule has 3 aromatic rings. The lowest BCUT2D eigenvalue weighted by molar-refractivity contribution is -0.123. The summed E-state index contributed by atoms with van der Waals surface area (Å²) in [6, 6.07) is 11.1. The van der Waals surface area contributed by atoms with E-state index in [1.807, 2.05) is 41.9 Å². The van der Waals surface area contributed by atoms with Crippen LogP contribution in [0.3, 0.4) is 0 Å². The number of nitrogens with one attached hydrogen (secondary N) is 3. The summed E-state index contributed by atoms with van der Waals surface area (Å²) in [5.74, 6) is -0.403. The van der Waals surface area contributed by atoms with E-state index in [4.69, 9.17) is 4.74 Å². The van der Waals surface area contributed by atoms with Crippen LogP contribution in [0.15, 0.2) is 48.0 Å². The lowest BCUT2D eigenvalue weighted by Gasteiger charge is -2.39. The van der Waals surface area contributed by atoms with Gasteiger partial charge in [-0.3, -0.25) is 14.5 Å². The van der Waals surface area contributed by atoms with Gasteiger partial charge >= 0.3 is 0 Å². The van der Waals surface area contributed by atoms with E-state index in [0.717, 1.165) is 29.6 Å². The number of aromatic amines is 1. The Bertz CT molecular complexity index is 1070. The normalized spacial score (nSPS) is 20.9. The van der Waals surface area contributed by atoms with Crippen molar-refractivity contribution in [2.45, 2.75) is 51.5 Å². The summed E-state index contributed by atoms with van der Waals surface area (Å²) in [6.45, 7) is 8.46. The van der Waals surface area contributed by atoms with E-state index < -0.39 is 6.04 Å². The van der Waals surface area contributed by atoms with Crippen LogP contribution >= 0.6 is 11.3 Å². The number of ether oxygens (including phenoxy) is 1. The quantitative estimate of drug-likeness (QED) is 0.474. The minimum Gasteiger partial charge on any atom is -0.373 e. The maximum atomic E-state index is 13.3. The van der Waals surface area contributed by atoms with E-state index in [1.54, 1.807) is 6.07 Å². The average molecular weight is 469 g/mol. The van der Waals surface area contributed by atoms with E-state index >= 15 is 0 Å². The van der Waals surface area contributed by atoms with E-state index in [1.165, 1.54) is 11.3 Å². The first-order valence-corrected chi connectivity index (χ1v) is 12.3. The van der Waals surface area contributed by atoms with Gasteiger partial charge in [-0.05, 0) is 43.8 Å². The number of rotatable bonds is 8. The lowest BCUT2D eigenvalue weighted by atomic mass is 10.0. The first-order valence-electron chi connectivity index (χ1n) is 11.5. The molecule has 33 heavy (non-hydrogen) atoms. The highest BCUT2D eigenvalue weighted by atomic mass is 32.1. The molecule has 3 heterocycles. The molecular weight excluding hydrogens is 436 g/mol. The predicted octanol–water partition coefficient (Wildman–Crippen LogP) is 3.18. The van der Waals surface area contributed by atoms with Gasteiger partial charge in [0.05, 0.1) is 17.1 Å². The standard InChI is InChI=1S/C25H32N4O3S/c1-16(29-14-17(2)32-18(3)15-29)12-27-24(30)22(28-25(31)23-9-6-10-33-23)11-19-13-26-21-8-5-4-7-20(19)21/h4-10,13,16-18,22,26H,11-12,14-15H2,1-3H3,(H,27,30)(H,28,31)/t16-,17-,18-,22+/m1/s1. The second kappa shape index (κ2) is 10.5. The third kappa shape index (κ3) is 5.82. The van der Waals surface area contributed by atoms with Gasteiger partial charge in [0.1, 0.15) is 6.04 Å². The zero-order valence-electron chi connectivity index (χ0n) is 19.3. The molecule has 0 bridgehead atoms. The van der Waals surface area contributed by atoms with Crippen molar-refractivity contribution in [3.05, 3.63) is 58.4 Å². The molecule has 0 saturated carbocycles. The number of carbonyl (C=O) groups excluding carboxylic acids is 2. The zero-order valence-corrected chi connectivity index (χ0v) is 20.2. The molecule has 2 aromatic heterocycles. The first kappa shape index (κ1) is 23.5. The van der Waals surface area contributed by atoms with E-state index in [-0.39, 0.29) is 30.1 Å². The van der Waals surface area contributed by atoms with E-state index in [9.17, 15) is 9.59 Å². The number of carbonyl (C=O) groups is 2. The zero-order chi connectivity index (χ0) is 23.4. The topological polar surface area (TPSA) is 86.5 Å². The van der Waals surface area contributed by atoms with Crippen LogP contribution in [0.4, 0.5) is 0 Å². The van der Waals surface area contributed by atoms with Crippen molar-refractivity contribution in [1.29, 1.82) is 0 Å². The van der Waals surface area contributed by atoms with Crippen LogP contribution in [0.25, 0.3) is 10.9 Å². The van der Waals surface area contributed by atoms with Gasteiger partial charge in [-0.25, -0.2) is 0 Å². The molecule has 1 aromatic carbocycles. The number of nitrogens with zero attached hydrogens (tertiary/aromatic N) is 1. The smallest absolute Gasteiger partial charge is 0.262 e. The highest BCUT2D eigenvalue weighted by Gasteiger charge is 2.28. The summed E-state index contributed by atoms with van der Waals surface area (Å²) < 4.78 is 5.82. The Hall–Kier alpha value is -2.68. The first-order chi connectivity index (χ1) is 15.9. The van der Waals surface area contributed by atoms with Crippen molar-refractivity contribution in [2.75, 3.05) is 19.6 Å². The summed E-state index contributed by atoms with van der Waals surface area (Å²) in [5.41, 5.74) is 2.02. The molecule has 8 heteroatoms.